The zero-order valence-electron chi connectivity index (χ0n) is 8.46. The predicted octanol–water partition coefficient (Wildman–Crippen LogP) is 3.04. The fourth-order valence-corrected chi connectivity index (χ4v) is 1.26. The van der Waals surface area contributed by atoms with E-state index in [1.165, 1.54) is 6.26 Å². The lowest BCUT2D eigenvalue weighted by Crippen LogP contribution is -2.23. The van der Waals surface area contributed by atoms with E-state index in [-0.39, 0.29) is 18.0 Å². The third-order valence-corrected chi connectivity index (χ3v) is 2.13. The summed E-state index contributed by atoms with van der Waals surface area (Å²) in [6, 6.07) is 1.68. The molecule has 0 bridgehead atoms. The Morgan fingerprint density at radius 3 is 2.64 bits per heavy atom. The quantitative estimate of drug-likeness (QED) is 0.785. The van der Waals surface area contributed by atoms with Gasteiger partial charge in [-0.3, -0.25) is 4.79 Å². The van der Waals surface area contributed by atoms with Crippen molar-refractivity contribution in [2.45, 2.75) is 26.4 Å². The molecule has 3 nitrogen and oxygen atoms in total. The van der Waals surface area contributed by atoms with Gasteiger partial charge in [-0.1, -0.05) is 0 Å². The minimum absolute atomic E-state index is 0.0373. The second-order valence-electron chi connectivity index (χ2n) is 3.92. The molecule has 0 amide bonds. The van der Waals surface area contributed by atoms with E-state index in [0.717, 1.165) is 0 Å². The third-order valence-electron chi connectivity index (χ3n) is 1.51. The fraction of sp³-hybridized carbons (Fsp3) is 0.500. The van der Waals surface area contributed by atoms with E-state index in [1.807, 2.05) is 20.8 Å². The Morgan fingerprint density at radius 2 is 2.21 bits per heavy atom. The molecule has 4 heteroatoms. The summed E-state index contributed by atoms with van der Waals surface area (Å²) < 4.78 is 11.0. The summed E-state index contributed by atoms with van der Waals surface area (Å²) in [6.07, 6.45) is 1.47. The first kappa shape index (κ1) is 11.5. The second kappa shape index (κ2) is 4.28. The second-order valence-corrected chi connectivity index (χ2v) is 4.78. The molecule has 0 saturated heterocycles. The largest absolute Gasteiger partial charge is 0.460 e. The number of hydrogen-bond acceptors (Lipinski definition) is 3. The van der Waals surface area contributed by atoms with Gasteiger partial charge in [0.15, 0.2) is 5.76 Å². The number of Topliss-reactive ketones (excluding diaryl/α,β-unsaturated/α-hetero) is 1. The van der Waals surface area contributed by atoms with Crippen molar-refractivity contribution in [2.75, 3.05) is 6.61 Å². The molecular formula is C10H13BrO3. The Balaban J connectivity index is 2.56. The topological polar surface area (TPSA) is 39.4 Å². The molecule has 0 aliphatic heterocycles. The van der Waals surface area contributed by atoms with Crippen LogP contribution in [0.4, 0.5) is 0 Å². The molecule has 1 heterocycles. The van der Waals surface area contributed by atoms with Crippen molar-refractivity contribution in [3.05, 3.63) is 22.6 Å². The Labute approximate surface area is 91.6 Å². The number of carbonyl (C=O) groups is 1. The molecule has 1 aromatic rings. The SMILES string of the molecule is CC(C)(C)OCC(=O)c1occc1Br. The van der Waals surface area contributed by atoms with Gasteiger partial charge in [0, 0.05) is 0 Å². The normalized spacial score (nSPS) is 11.7. The Bertz CT molecular complexity index is 322. The van der Waals surface area contributed by atoms with Crippen LogP contribution in [-0.2, 0) is 4.74 Å². The number of carbonyl (C=O) groups excluding carboxylic acids is 1. The zero-order chi connectivity index (χ0) is 10.8. The molecule has 0 atom stereocenters. The first-order chi connectivity index (χ1) is 6.40. The van der Waals surface area contributed by atoms with Crippen LogP contribution >= 0.6 is 15.9 Å². The minimum atomic E-state index is -0.311. The van der Waals surface area contributed by atoms with Gasteiger partial charge in [-0.05, 0) is 42.8 Å². The number of rotatable bonds is 3. The van der Waals surface area contributed by atoms with Gasteiger partial charge in [-0.15, -0.1) is 0 Å². The summed E-state index contributed by atoms with van der Waals surface area (Å²) in [4.78, 5) is 11.5. The molecule has 78 valence electrons. The van der Waals surface area contributed by atoms with Gasteiger partial charge in [-0.2, -0.15) is 0 Å². The average molecular weight is 261 g/mol. The summed E-state index contributed by atoms with van der Waals surface area (Å²) in [5, 5.41) is 0. The maximum absolute atomic E-state index is 11.5. The zero-order valence-corrected chi connectivity index (χ0v) is 10.1. The van der Waals surface area contributed by atoms with E-state index in [0.29, 0.717) is 10.2 Å². The summed E-state index contributed by atoms with van der Waals surface area (Å²) in [6.45, 7) is 5.74. The summed E-state index contributed by atoms with van der Waals surface area (Å²) in [5.41, 5.74) is -0.311. The van der Waals surface area contributed by atoms with Crippen molar-refractivity contribution in [1.29, 1.82) is 0 Å². The Hall–Kier alpha value is -0.610. The van der Waals surface area contributed by atoms with E-state index in [2.05, 4.69) is 15.9 Å². The van der Waals surface area contributed by atoms with Crippen LogP contribution in [0, 0.1) is 0 Å². The lowest BCUT2D eigenvalue weighted by Gasteiger charge is -2.18. The number of hydrogen-bond donors (Lipinski definition) is 0. The molecule has 0 unspecified atom stereocenters. The third kappa shape index (κ3) is 3.27. The highest BCUT2D eigenvalue weighted by molar-refractivity contribution is 9.10. The first-order valence-corrected chi connectivity index (χ1v) is 5.09. The monoisotopic (exact) mass is 260 g/mol. The molecular weight excluding hydrogens is 248 g/mol. The Morgan fingerprint density at radius 1 is 1.57 bits per heavy atom. The van der Waals surface area contributed by atoms with E-state index < -0.39 is 0 Å². The van der Waals surface area contributed by atoms with Gasteiger partial charge in [0.25, 0.3) is 0 Å². The van der Waals surface area contributed by atoms with Crippen LogP contribution in [0.25, 0.3) is 0 Å². The van der Waals surface area contributed by atoms with E-state index in [9.17, 15) is 4.79 Å². The van der Waals surface area contributed by atoms with Crippen LogP contribution < -0.4 is 0 Å². The standard InChI is InChI=1S/C10H13BrO3/c1-10(2,3)14-6-8(12)9-7(11)4-5-13-9/h4-5H,6H2,1-3H3. The van der Waals surface area contributed by atoms with Crippen molar-refractivity contribution < 1.29 is 13.9 Å². The van der Waals surface area contributed by atoms with Crippen LogP contribution in [-0.4, -0.2) is 18.0 Å². The van der Waals surface area contributed by atoms with E-state index in [4.69, 9.17) is 9.15 Å². The number of ketones is 1. The lowest BCUT2D eigenvalue weighted by molar-refractivity contribution is 0.00201. The highest BCUT2D eigenvalue weighted by Gasteiger charge is 2.17. The van der Waals surface area contributed by atoms with Crippen molar-refractivity contribution in [2.24, 2.45) is 0 Å². The highest BCUT2D eigenvalue weighted by Crippen LogP contribution is 2.18. The first-order valence-electron chi connectivity index (χ1n) is 4.30. The number of ether oxygens (including phenoxy) is 1. The van der Waals surface area contributed by atoms with E-state index in [1.54, 1.807) is 6.07 Å². The summed E-state index contributed by atoms with van der Waals surface area (Å²) in [5.74, 6) is 0.158. The van der Waals surface area contributed by atoms with Crippen molar-refractivity contribution >= 4 is 21.7 Å². The molecule has 0 aliphatic carbocycles. The fourth-order valence-electron chi connectivity index (χ4n) is 0.840. The molecule has 0 spiro atoms. The van der Waals surface area contributed by atoms with Crippen LogP contribution in [0.2, 0.25) is 0 Å². The van der Waals surface area contributed by atoms with Gasteiger partial charge >= 0.3 is 0 Å². The molecule has 0 fully saturated rings. The minimum Gasteiger partial charge on any atom is -0.460 e. The lowest BCUT2D eigenvalue weighted by atomic mass is 10.2. The molecule has 0 N–H and O–H groups in total. The van der Waals surface area contributed by atoms with Crippen molar-refractivity contribution in [1.82, 2.24) is 0 Å². The predicted molar refractivity (Wildman–Crippen MR) is 56.4 cm³/mol. The van der Waals surface area contributed by atoms with Crippen molar-refractivity contribution in [3.63, 3.8) is 0 Å². The summed E-state index contributed by atoms with van der Waals surface area (Å²) in [7, 11) is 0. The van der Waals surface area contributed by atoms with Gasteiger partial charge in [0.1, 0.15) is 6.61 Å². The van der Waals surface area contributed by atoms with Crippen LogP contribution in [0.3, 0.4) is 0 Å². The summed E-state index contributed by atoms with van der Waals surface area (Å²) >= 11 is 3.22. The van der Waals surface area contributed by atoms with Gasteiger partial charge in [-0.25, -0.2) is 0 Å². The number of furan rings is 1. The van der Waals surface area contributed by atoms with Crippen molar-refractivity contribution in [3.8, 4) is 0 Å². The molecule has 1 rings (SSSR count). The van der Waals surface area contributed by atoms with Gasteiger partial charge in [0.2, 0.25) is 5.78 Å². The molecule has 0 radical (unpaired) electrons. The van der Waals surface area contributed by atoms with Crippen LogP contribution in [0.5, 0.6) is 0 Å². The van der Waals surface area contributed by atoms with Gasteiger partial charge in [0.05, 0.1) is 16.3 Å². The van der Waals surface area contributed by atoms with Crippen LogP contribution in [0.1, 0.15) is 31.3 Å². The molecule has 0 aromatic carbocycles. The maximum atomic E-state index is 11.5. The smallest absolute Gasteiger partial charge is 0.224 e. The van der Waals surface area contributed by atoms with Crippen LogP contribution in [0.15, 0.2) is 21.2 Å². The number of halogens is 1. The maximum Gasteiger partial charge on any atom is 0.224 e. The molecule has 0 saturated carbocycles. The molecule has 14 heavy (non-hydrogen) atoms. The Kier molecular flexibility index (Phi) is 3.50. The molecule has 1 aromatic heterocycles. The molecule has 0 aliphatic rings. The average Bonchev–Trinajstić information content (AvgIpc) is 2.46. The van der Waals surface area contributed by atoms with E-state index >= 15 is 0 Å². The highest BCUT2D eigenvalue weighted by atomic mass is 79.9. The van der Waals surface area contributed by atoms with Gasteiger partial charge < -0.3 is 9.15 Å².